The van der Waals surface area contributed by atoms with E-state index < -0.39 is 0 Å². The zero-order valence-corrected chi connectivity index (χ0v) is 16.6. The van der Waals surface area contributed by atoms with Crippen LogP contribution in [0.3, 0.4) is 0 Å². The number of nitrogens with zero attached hydrogens (tertiary/aromatic N) is 3. The van der Waals surface area contributed by atoms with Crippen LogP contribution in [0.4, 0.5) is 15.2 Å². The first-order valence-electron chi connectivity index (χ1n) is 8.87. The van der Waals surface area contributed by atoms with E-state index in [2.05, 4.69) is 29.4 Å². The molecule has 1 aliphatic rings. The first-order chi connectivity index (χ1) is 12.6. The van der Waals surface area contributed by atoms with E-state index in [1.807, 2.05) is 11.0 Å². The van der Waals surface area contributed by atoms with E-state index in [-0.39, 0.29) is 17.6 Å². The summed E-state index contributed by atoms with van der Waals surface area (Å²) in [5.41, 5.74) is 0.613. The van der Waals surface area contributed by atoms with Crippen LogP contribution in [0, 0.1) is 11.7 Å². The van der Waals surface area contributed by atoms with Gasteiger partial charge in [-0.15, -0.1) is 10.2 Å². The normalized spacial score (nSPS) is 16.5. The number of para-hydroxylation sites is 1. The van der Waals surface area contributed by atoms with Gasteiger partial charge in [0.05, 0.1) is 5.69 Å². The van der Waals surface area contributed by atoms with Gasteiger partial charge in [0, 0.05) is 24.3 Å². The molecule has 0 spiro atoms. The molecule has 1 atom stereocenters. The Morgan fingerprint density at radius 1 is 1.38 bits per heavy atom. The number of hydrogen-bond acceptors (Lipinski definition) is 6. The van der Waals surface area contributed by atoms with Gasteiger partial charge in [-0.3, -0.25) is 4.79 Å². The monoisotopic (exact) mass is 394 g/mol. The third kappa shape index (κ3) is 4.73. The average molecular weight is 395 g/mol. The second-order valence-corrected chi connectivity index (χ2v) is 9.07. The second kappa shape index (κ2) is 8.81. The van der Waals surface area contributed by atoms with Gasteiger partial charge in [-0.05, 0) is 31.4 Å². The molecule has 1 amide bonds. The smallest absolute Gasteiger partial charge is 0.229 e. The number of anilines is 2. The number of thioether (sulfide) groups is 1. The van der Waals surface area contributed by atoms with Crippen molar-refractivity contribution in [3.8, 4) is 0 Å². The molecule has 3 rings (SSSR count). The summed E-state index contributed by atoms with van der Waals surface area (Å²) in [4.78, 5) is 14.5. The maximum absolute atomic E-state index is 13.9. The molecule has 0 radical (unpaired) electrons. The summed E-state index contributed by atoms with van der Waals surface area (Å²) in [6.07, 6.45) is 2.47. The SMILES string of the molecule is CCC(C)Sc1nnc(NC(=O)C2CCN(c3ccccc3F)CC2)s1. The maximum atomic E-state index is 13.9. The van der Waals surface area contributed by atoms with Gasteiger partial charge < -0.3 is 10.2 Å². The van der Waals surface area contributed by atoms with E-state index in [9.17, 15) is 9.18 Å². The highest BCUT2D eigenvalue weighted by Gasteiger charge is 2.26. The van der Waals surface area contributed by atoms with Gasteiger partial charge >= 0.3 is 0 Å². The van der Waals surface area contributed by atoms with Crippen LogP contribution in [0.1, 0.15) is 33.1 Å². The van der Waals surface area contributed by atoms with Gasteiger partial charge in [0.2, 0.25) is 11.0 Å². The van der Waals surface area contributed by atoms with E-state index in [1.54, 1.807) is 23.9 Å². The molecule has 5 nitrogen and oxygen atoms in total. The second-order valence-electron chi connectivity index (χ2n) is 6.41. The highest BCUT2D eigenvalue weighted by molar-refractivity contribution is 8.01. The highest BCUT2D eigenvalue weighted by Crippen LogP contribution is 2.31. The molecule has 0 saturated carbocycles. The summed E-state index contributed by atoms with van der Waals surface area (Å²) in [7, 11) is 0. The van der Waals surface area contributed by atoms with Crippen molar-refractivity contribution in [2.45, 2.75) is 42.7 Å². The molecule has 1 saturated heterocycles. The Hall–Kier alpha value is -1.67. The minimum Gasteiger partial charge on any atom is -0.369 e. The Bertz CT molecular complexity index is 746. The molecule has 1 fully saturated rings. The highest BCUT2D eigenvalue weighted by atomic mass is 32.2. The summed E-state index contributed by atoms with van der Waals surface area (Å²) >= 11 is 3.09. The minimum atomic E-state index is -0.212. The van der Waals surface area contributed by atoms with E-state index in [4.69, 9.17) is 0 Å². The third-order valence-electron chi connectivity index (χ3n) is 4.57. The molecule has 1 aromatic carbocycles. The molecule has 1 N–H and O–H groups in total. The molecule has 0 bridgehead atoms. The van der Waals surface area contributed by atoms with Crippen LogP contribution < -0.4 is 10.2 Å². The number of halogens is 1. The molecule has 26 heavy (non-hydrogen) atoms. The number of benzene rings is 1. The summed E-state index contributed by atoms with van der Waals surface area (Å²) in [5, 5.41) is 12.1. The van der Waals surface area contributed by atoms with Gasteiger partial charge in [0.1, 0.15) is 5.82 Å². The van der Waals surface area contributed by atoms with Crippen molar-refractivity contribution in [1.82, 2.24) is 10.2 Å². The van der Waals surface area contributed by atoms with Crippen LogP contribution in [0.5, 0.6) is 0 Å². The van der Waals surface area contributed by atoms with Crippen molar-refractivity contribution in [1.29, 1.82) is 0 Å². The van der Waals surface area contributed by atoms with E-state index in [0.717, 1.165) is 10.8 Å². The fourth-order valence-corrected chi connectivity index (χ4v) is 4.86. The lowest BCUT2D eigenvalue weighted by Gasteiger charge is -2.33. The number of aromatic nitrogens is 2. The molecule has 1 aliphatic heterocycles. The topological polar surface area (TPSA) is 58.1 Å². The van der Waals surface area contributed by atoms with Crippen LogP contribution in [0.25, 0.3) is 0 Å². The Labute approximate surface area is 161 Å². The van der Waals surface area contributed by atoms with E-state index >= 15 is 0 Å². The quantitative estimate of drug-likeness (QED) is 0.580. The van der Waals surface area contributed by atoms with Crippen molar-refractivity contribution in [3.05, 3.63) is 30.1 Å². The lowest BCUT2D eigenvalue weighted by atomic mass is 9.95. The summed E-state index contributed by atoms with van der Waals surface area (Å²) < 4.78 is 14.8. The van der Waals surface area contributed by atoms with E-state index in [0.29, 0.717) is 42.0 Å². The van der Waals surface area contributed by atoms with Crippen molar-refractivity contribution in [2.75, 3.05) is 23.3 Å². The summed E-state index contributed by atoms with van der Waals surface area (Å²) in [5.74, 6) is -0.308. The van der Waals surface area contributed by atoms with Crippen LogP contribution in [-0.4, -0.2) is 34.4 Å². The van der Waals surface area contributed by atoms with Crippen molar-refractivity contribution in [3.63, 3.8) is 0 Å². The number of carbonyl (C=O) groups is 1. The lowest BCUT2D eigenvalue weighted by molar-refractivity contribution is -0.120. The van der Waals surface area contributed by atoms with E-state index in [1.165, 1.54) is 17.4 Å². The number of rotatable bonds is 6. The predicted molar refractivity (Wildman–Crippen MR) is 105 cm³/mol. The maximum Gasteiger partial charge on any atom is 0.229 e. The zero-order chi connectivity index (χ0) is 18.5. The zero-order valence-electron chi connectivity index (χ0n) is 14.9. The fraction of sp³-hybridized carbons (Fsp3) is 0.500. The number of piperidine rings is 1. The molecule has 8 heteroatoms. The van der Waals surface area contributed by atoms with Crippen molar-refractivity contribution >= 4 is 39.8 Å². The largest absolute Gasteiger partial charge is 0.369 e. The first kappa shape index (κ1) is 19.1. The van der Waals surface area contributed by atoms with Gasteiger partial charge in [0.25, 0.3) is 0 Å². The van der Waals surface area contributed by atoms with Gasteiger partial charge in [-0.1, -0.05) is 49.1 Å². The minimum absolute atomic E-state index is 0.0191. The molecular formula is C18H23FN4OS2. The Morgan fingerprint density at radius 3 is 2.81 bits per heavy atom. The van der Waals surface area contributed by atoms with Crippen LogP contribution in [0.2, 0.25) is 0 Å². The average Bonchev–Trinajstić information content (AvgIpc) is 3.09. The fourth-order valence-electron chi connectivity index (χ4n) is 2.86. The lowest BCUT2D eigenvalue weighted by Crippen LogP contribution is -2.38. The number of nitrogens with one attached hydrogen (secondary N) is 1. The number of hydrogen-bond donors (Lipinski definition) is 1. The first-order valence-corrected chi connectivity index (χ1v) is 10.6. The summed E-state index contributed by atoms with van der Waals surface area (Å²) in [6.45, 7) is 5.62. The van der Waals surface area contributed by atoms with Crippen LogP contribution >= 0.6 is 23.1 Å². The van der Waals surface area contributed by atoms with Crippen molar-refractivity contribution < 1.29 is 9.18 Å². The molecule has 2 heterocycles. The molecule has 0 aliphatic carbocycles. The van der Waals surface area contributed by atoms with Gasteiger partial charge in [-0.2, -0.15) is 0 Å². The number of carbonyl (C=O) groups excluding carboxylic acids is 1. The Morgan fingerprint density at radius 2 is 2.12 bits per heavy atom. The molecule has 140 valence electrons. The predicted octanol–water partition coefficient (Wildman–Crippen LogP) is 4.42. The van der Waals surface area contributed by atoms with Gasteiger partial charge in [0.15, 0.2) is 4.34 Å². The van der Waals surface area contributed by atoms with Crippen LogP contribution in [0.15, 0.2) is 28.6 Å². The number of amides is 1. The Kier molecular flexibility index (Phi) is 6.48. The standard InChI is InChI=1S/C18H23FN4OS2/c1-3-12(2)25-18-22-21-17(26-18)20-16(24)13-8-10-23(11-9-13)15-7-5-4-6-14(15)19/h4-7,12-13H,3,8-11H2,1-2H3,(H,20,21,24). The Balaban J connectivity index is 1.52. The third-order valence-corrected chi connectivity index (χ3v) is 6.76. The summed E-state index contributed by atoms with van der Waals surface area (Å²) in [6, 6.07) is 6.78. The molecule has 2 aromatic rings. The molecule has 1 aromatic heterocycles. The van der Waals surface area contributed by atoms with Crippen molar-refractivity contribution in [2.24, 2.45) is 5.92 Å². The molecular weight excluding hydrogens is 371 g/mol. The van der Waals surface area contributed by atoms with Crippen LogP contribution in [-0.2, 0) is 4.79 Å². The van der Waals surface area contributed by atoms with Gasteiger partial charge in [-0.25, -0.2) is 4.39 Å². The molecule has 1 unspecified atom stereocenters.